The van der Waals surface area contributed by atoms with Crippen molar-refractivity contribution >= 4 is 66.2 Å². The van der Waals surface area contributed by atoms with Gasteiger partial charge in [0.05, 0.1) is 47.6 Å². The molecule has 6 heterocycles. The maximum absolute atomic E-state index is 13.4. The summed E-state index contributed by atoms with van der Waals surface area (Å²) in [6, 6.07) is 20.3. The van der Waals surface area contributed by atoms with Crippen LogP contribution in [0.5, 0.6) is 5.75 Å². The fourth-order valence-electron chi connectivity index (χ4n) is 7.34. The zero-order valence-electron chi connectivity index (χ0n) is 35.9. The number of rotatable bonds is 14. The molecule has 0 spiro atoms. The van der Waals surface area contributed by atoms with Crippen molar-refractivity contribution in [2.75, 3.05) is 68.8 Å². The SMILES string of the molecule is C#CCCCOc1c(N2CCN(S(=O)(=O)Cc3ccncc3)CC2)cnn(-c2cccc(Cl)c2)c1=O.O=c1c(Cl)c(N2CCN(S(=O)(=O)Cc3ccncc3)CC2)cnn1-c1cccc(Cl)c1. The number of piperazine rings is 2. The van der Waals surface area contributed by atoms with E-state index in [4.69, 9.17) is 46.0 Å². The van der Waals surface area contributed by atoms with Gasteiger partial charge in [0.15, 0.2) is 0 Å². The number of hydrogen-bond donors (Lipinski definition) is 0. The number of ether oxygens (including phenoxy) is 1. The van der Waals surface area contributed by atoms with Crippen LogP contribution in [0.3, 0.4) is 0 Å². The Morgan fingerprint density at radius 2 is 1.06 bits per heavy atom. The molecule has 2 aliphatic heterocycles. The van der Waals surface area contributed by atoms with Crippen LogP contribution < -0.4 is 25.7 Å². The first kappa shape index (κ1) is 49.1. The lowest BCUT2D eigenvalue weighted by molar-refractivity contribution is 0.304. The average Bonchev–Trinajstić information content (AvgIpc) is 3.32. The minimum Gasteiger partial charge on any atom is -0.486 e. The molecule has 2 aliphatic rings. The molecular weight excluding hydrogens is 963 g/mol. The number of hydrogen-bond acceptors (Lipinski definition) is 13. The van der Waals surface area contributed by atoms with Crippen molar-refractivity contribution in [1.82, 2.24) is 38.1 Å². The molecule has 0 radical (unpaired) electrons. The van der Waals surface area contributed by atoms with Crippen LogP contribution in [0, 0.1) is 12.3 Å². The number of aromatic nitrogens is 6. The molecule has 0 saturated carbocycles. The minimum absolute atomic E-state index is 0.0306. The van der Waals surface area contributed by atoms with Crippen molar-refractivity contribution in [3.8, 4) is 29.5 Å². The summed E-state index contributed by atoms with van der Waals surface area (Å²) >= 11 is 18.5. The number of pyridine rings is 2. The Kier molecular flexibility index (Phi) is 16.3. The molecule has 0 N–H and O–H groups in total. The summed E-state index contributed by atoms with van der Waals surface area (Å²) in [6.45, 7) is 2.99. The smallest absolute Gasteiger partial charge is 0.316 e. The van der Waals surface area contributed by atoms with Crippen LogP contribution in [0.25, 0.3) is 11.4 Å². The predicted molar refractivity (Wildman–Crippen MR) is 260 cm³/mol. The maximum atomic E-state index is 13.4. The topological polar surface area (TPSA) is 186 Å². The number of sulfonamides is 2. The van der Waals surface area contributed by atoms with Crippen LogP contribution in [0.1, 0.15) is 24.0 Å². The van der Waals surface area contributed by atoms with Crippen molar-refractivity contribution in [2.45, 2.75) is 24.3 Å². The Labute approximate surface area is 403 Å². The summed E-state index contributed by atoms with van der Waals surface area (Å²) in [6.07, 6.45) is 15.8. The molecule has 0 amide bonds. The minimum atomic E-state index is -3.49. The highest BCUT2D eigenvalue weighted by atomic mass is 35.5. The van der Waals surface area contributed by atoms with Gasteiger partial charge in [0.1, 0.15) is 10.7 Å². The van der Waals surface area contributed by atoms with E-state index >= 15 is 0 Å². The van der Waals surface area contributed by atoms with Gasteiger partial charge in [0.25, 0.3) is 5.56 Å². The van der Waals surface area contributed by atoms with Gasteiger partial charge in [0.2, 0.25) is 25.8 Å². The molecule has 17 nitrogen and oxygen atoms in total. The Hall–Kier alpha value is -5.85. The van der Waals surface area contributed by atoms with Gasteiger partial charge in [-0.3, -0.25) is 19.6 Å². The van der Waals surface area contributed by atoms with Crippen molar-refractivity contribution in [1.29, 1.82) is 0 Å². The fourth-order valence-corrected chi connectivity index (χ4v) is 11.0. The van der Waals surface area contributed by atoms with Crippen LogP contribution in [-0.4, -0.2) is 114 Å². The Bertz CT molecular complexity index is 3050. The summed E-state index contributed by atoms with van der Waals surface area (Å²) in [7, 11) is -6.95. The second-order valence-corrected chi connectivity index (χ2v) is 20.4. The van der Waals surface area contributed by atoms with Crippen molar-refractivity contribution in [3.63, 3.8) is 0 Å². The molecule has 350 valence electrons. The second kappa shape index (κ2) is 22.3. The largest absolute Gasteiger partial charge is 0.486 e. The van der Waals surface area contributed by atoms with Crippen LogP contribution in [0.4, 0.5) is 11.4 Å². The van der Waals surface area contributed by atoms with Gasteiger partial charge in [-0.15, -0.1) is 12.3 Å². The van der Waals surface area contributed by atoms with Crippen LogP contribution >= 0.6 is 34.8 Å². The van der Waals surface area contributed by atoms with Crippen molar-refractivity contribution in [3.05, 3.63) is 157 Å². The first-order valence-corrected chi connectivity index (χ1v) is 25.3. The first-order chi connectivity index (χ1) is 32.2. The molecule has 2 fully saturated rings. The number of terminal acetylenes is 1. The van der Waals surface area contributed by atoms with Gasteiger partial charge in [-0.2, -0.15) is 28.2 Å². The van der Waals surface area contributed by atoms with Crippen molar-refractivity contribution < 1.29 is 21.6 Å². The Morgan fingerprint density at radius 1 is 0.612 bits per heavy atom. The van der Waals surface area contributed by atoms with E-state index in [9.17, 15) is 26.4 Å². The van der Waals surface area contributed by atoms with E-state index < -0.39 is 31.2 Å². The quantitative estimate of drug-likeness (QED) is 0.101. The standard InChI is InChI=1S/C25H26ClN5O4S.C20H19Cl2N5O3S/c1-2-3-4-16-35-24-23(18-28-31(25(24)32)22-7-5-6-21(26)17-22)29-12-14-30(15-13-29)36(33,34)19-20-8-10-27-11-9-20;21-16-2-1-3-17(12-16)27-20(28)19(22)18(13-24-27)25-8-10-26(11-9-25)31(29,30)14-15-4-6-23-7-5-15/h1,5-11,17-18H,3-4,12-16,19H2;1-7,12-13H,8-11,14H2. The normalized spacial score (nSPS) is 14.8. The third kappa shape index (κ3) is 12.4. The molecule has 6 aromatic rings. The Balaban J connectivity index is 0.000000201. The van der Waals surface area contributed by atoms with Gasteiger partial charge >= 0.3 is 5.56 Å². The third-order valence-electron chi connectivity index (χ3n) is 10.8. The molecule has 2 aromatic carbocycles. The summed E-state index contributed by atoms with van der Waals surface area (Å²) in [5.41, 5.74) is 2.51. The molecule has 2 saturated heterocycles. The van der Waals surface area contributed by atoms with E-state index in [1.54, 1.807) is 104 Å². The lowest BCUT2D eigenvalue weighted by atomic mass is 10.3. The lowest BCUT2D eigenvalue weighted by Crippen LogP contribution is -2.49. The summed E-state index contributed by atoms with van der Waals surface area (Å²) in [4.78, 5) is 37.8. The maximum Gasteiger partial charge on any atom is 0.316 e. The highest BCUT2D eigenvalue weighted by molar-refractivity contribution is 7.88. The van der Waals surface area contributed by atoms with E-state index in [1.165, 1.54) is 24.2 Å². The van der Waals surface area contributed by atoms with Gasteiger partial charge in [-0.1, -0.05) is 46.9 Å². The van der Waals surface area contributed by atoms with Gasteiger partial charge < -0.3 is 14.5 Å². The molecule has 4 aromatic heterocycles. The molecule has 22 heteroatoms. The zero-order valence-corrected chi connectivity index (χ0v) is 39.8. The Morgan fingerprint density at radius 3 is 1.52 bits per heavy atom. The number of nitrogens with zero attached hydrogens (tertiary/aromatic N) is 10. The number of halogens is 3. The summed E-state index contributed by atoms with van der Waals surface area (Å²) in [5, 5.41) is 9.57. The van der Waals surface area contributed by atoms with E-state index in [2.05, 4.69) is 26.1 Å². The number of unbranched alkanes of at least 4 members (excludes halogenated alkanes) is 1. The monoisotopic (exact) mass is 1010 g/mol. The molecule has 0 aliphatic carbocycles. The molecule has 8 rings (SSSR count). The number of benzene rings is 2. The molecule has 0 bridgehead atoms. The number of anilines is 2. The van der Waals surface area contributed by atoms with E-state index in [-0.39, 0.29) is 42.0 Å². The second-order valence-electron chi connectivity index (χ2n) is 15.2. The molecule has 67 heavy (non-hydrogen) atoms. The molecule has 0 unspecified atom stereocenters. The van der Waals surface area contributed by atoms with E-state index in [0.29, 0.717) is 96.0 Å². The van der Waals surface area contributed by atoms with Crippen LogP contribution in [-0.2, 0) is 31.6 Å². The summed E-state index contributed by atoms with van der Waals surface area (Å²) in [5.74, 6) is 2.55. The molecule has 0 atom stereocenters. The fraction of sp³-hybridized carbons (Fsp3) is 0.289. The van der Waals surface area contributed by atoms with Gasteiger partial charge in [-0.25, -0.2) is 16.8 Å². The van der Waals surface area contributed by atoms with Crippen LogP contribution in [0.2, 0.25) is 15.1 Å². The van der Waals surface area contributed by atoms with Gasteiger partial charge in [0, 0.05) is 93.6 Å². The highest BCUT2D eigenvalue weighted by Gasteiger charge is 2.31. The van der Waals surface area contributed by atoms with Crippen molar-refractivity contribution in [2.24, 2.45) is 0 Å². The average molecular weight is 1010 g/mol. The van der Waals surface area contributed by atoms with Crippen LogP contribution in [0.15, 0.2) is 120 Å². The van der Waals surface area contributed by atoms with E-state index in [1.807, 2.05) is 9.80 Å². The van der Waals surface area contributed by atoms with E-state index in [0.717, 1.165) is 0 Å². The van der Waals surface area contributed by atoms with Gasteiger partial charge in [-0.05, 0) is 78.2 Å². The highest BCUT2D eigenvalue weighted by Crippen LogP contribution is 2.28. The predicted octanol–water partition coefficient (Wildman–Crippen LogP) is 5.31. The first-order valence-electron chi connectivity index (χ1n) is 21.0. The zero-order chi connectivity index (χ0) is 47.6. The lowest BCUT2D eigenvalue weighted by Gasteiger charge is -2.35. The summed E-state index contributed by atoms with van der Waals surface area (Å²) < 4.78 is 62.6. The third-order valence-corrected chi connectivity index (χ3v) is 15.3. The molecular formula is C45H45Cl3N10O7S2.